The standard InChI is InChI=1S/C15H13BrClFO3/c1-20-13-6-10(12(17)7-14(13)21-2)15(19)9-4-3-8(18)5-11(9)16/h3-7,15,19H,1-2H3. The lowest BCUT2D eigenvalue weighted by Crippen LogP contribution is -2.03. The van der Waals surface area contributed by atoms with E-state index in [1.807, 2.05) is 0 Å². The minimum atomic E-state index is -1.02. The van der Waals surface area contributed by atoms with Gasteiger partial charge in [-0.05, 0) is 23.8 Å². The summed E-state index contributed by atoms with van der Waals surface area (Å²) in [5, 5.41) is 10.8. The molecule has 1 N–H and O–H groups in total. The van der Waals surface area contributed by atoms with E-state index in [2.05, 4.69) is 15.9 Å². The molecule has 0 aromatic heterocycles. The average Bonchev–Trinajstić information content (AvgIpc) is 2.46. The fraction of sp³-hybridized carbons (Fsp3) is 0.200. The largest absolute Gasteiger partial charge is 0.493 e. The van der Waals surface area contributed by atoms with Crippen molar-refractivity contribution in [1.82, 2.24) is 0 Å². The Bertz CT molecular complexity index is 664. The summed E-state index contributed by atoms with van der Waals surface area (Å²) < 4.78 is 23.9. The molecule has 2 aromatic rings. The van der Waals surface area contributed by atoms with Gasteiger partial charge in [0.25, 0.3) is 0 Å². The molecule has 0 aliphatic carbocycles. The van der Waals surface area contributed by atoms with Gasteiger partial charge < -0.3 is 14.6 Å². The Morgan fingerprint density at radius 2 is 1.71 bits per heavy atom. The van der Waals surface area contributed by atoms with Gasteiger partial charge in [-0.25, -0.2) is 4.39 Å². The summed E-state index contributed by atoms with van der Waals surface area (Å²) >= 11 is 9.41. The number of ether oxygens (including phenoxy) is 2. The topological polar surface area (TPSA) is 38.7 Å². The van der Waals surface area contributed by atoms with Crippen LogP contribution in [0, 0.1) is 5.82 Å². The van der Waals surface area contributed by atoms with E-state index >= 15 is 0 Å². The Labute approximate surface area is 135 Å². The molecule has 112 valence electrons. The van der Waals surface area contributed by atoms with Crippen molar-refractivity contribution >= 4 is 27.5 Å². The predicted molar refractivity (Wildman–Crippen MR) is 82.7 cm³/mol. The van der Waals surface area contributed by atoms with Gasteiger partial charge in [0.05, 0.1) is 19.2 Å². The summed E-state index contributed by atoms with van der Waals surface area (Å²) in [6, 6.07) is 7.22. The zero-order valence-electron chi connectivity index (χ0n) is 11.4. The van der Waals surface area contributed by atoms with E-state index in [-0.39, 0.29) is 0 Å². The molecule has 2 aromatic carbocycles. The van der Waals surface area contributed by atoms with Crippen LogP contribution < -0.4 is 9.47 Å². The van der Waals surface area contributed by atoms with Gasteiger partial charge in [0, 0.05) is 16.1 Å². The Hall–Kier alpha value is -1.30. The monoisotopic (exact) mass is 374 g/mol. The highest BCUT2D eigenvalue weighted by molar-refractivity contribution is 9.10. The van der Waals surface area contributed by atoms with Crippen LogP contribution in [0.2, 0.25) is 5.02 Å². The first kappa shape index (κ1) is 16.1. The van der Waals surface area contributed by atoms with Crippen molar-refractivity contribution in [3.63, 3.8) is 0 Å². The Morgan fingerprint density at radius 1 is 1.10 bits per heavy atom. The lowest BCUT2D eigenvalue weighted by molar-refractivity contribution is 0.218. The second-order valence-corrected chi connectivity index (χ2v) is 5.56. The number of halogens is 3. The molecule has 0 saturated carbocycles. The predicted octanol–water partition coefficient (Wildman–Crippen LogP) is 4.34. The summed E-state index contributed by atoms with van der Waals surface area (Å²) in [6.45, 7) is 0. The third-order valence-electron chi connectivity index (χ3n) is 3.05. The maximum Gasteiger partial charge on any atom is 0.162 e. The molecule has 0 saturated heterocycles. The van der Waals surface area contributed by atoms with Crippen LogP contribution in [0.1, 0.15) is 17.2 Å². The third kappa shape index (κ3) is 3.31. The molecule has 2 rings (SSSR count). The number of aliphatic hydroxyl groups excluding tert-OH is 1. The van der Waals surface area contributed by atoms with E-state index in [1.54, 1.807) is 12.1 Å². The molecular weight excluding hydrogens is 363 g/mol. The van der Waals surface area contributed by atoms with Crippen molar-refractivity contribution < 1.29 is 19.0 Å². The Balaban J connectivity index is 2.50. The Morgan fingerprint density at radius 3 is 2.29 bits per heavy atom. The molecule has 21 heavy (non-hydrogen) atoms. The van der Waals surface area contributed by atoms with Crippen LogP contribution in [0.5, 0.6) is 11.5 Å². The van der Waals surface area contributed by atoms with Crippen molar-refractivity contribution in [2.45, 2.75) is 6.10 Å². The second kappa shape index (κ2) is 6.64. The van der Waals surface area contributed by atoms with E-state index in [0.717, 1.165) is 0 Å². The third-order valence-corrected chi connectivity index (χ3v) is 4.07. The van der Waals surface area contributed by atoms with E-state index in [1.165, 1.54) is 32.4 Å². The van der Waals surface area contributed by atoms with E-state index in [0.29, 0.717) is 32.1 Å². The number of hydrogen-bond donors (Lipinski definition) is 1. The highest BCUT2D eigenvalue weighted by Crippen LogP contribution is 2.39. The molecule has 3 nitrogen and oxygen atoms in total. The first-order chi connectivity index (χ1) is 9.97. The minimum absolute atomic E-state index is 0.330. The van der Waals surface area contributed by atoms with E-state index in [9.17, 15) is 9.50 Å². The smallest absolute Gasteiger partial charge is 0.162 e. The van der Waals surface area contributed by atoms with Gasteiger partial charge in [-0.1, -0.05) is 33.6 Å². The fourth-order valence-corrected chi connectivity index (χ4v) is 2.79. The maximum absolute atomic E-state index is 13.1. The zero-order chi connectivity index (χ0) is 15.6. The number of benzene rings is 2. The molecular formula is C15H13BrClFO3. The van der Waals surface area contributed by atoms with Crippen LogP contribution in [0.25, 0.3) is 0 Å². The summed E-state index contributed by atoms with van der Waals surface area (Å²) in [5.41, 5.74) is 0.951. The zero-order valence-corrected chi connectivity index (χ0v) is 13.7. The molecule has 0 aliphatic rings. The van der Waals surface area contributed by atoms with Gasteiger partial charge in [0.2, 0.25) is 0 Å². The molecule has 0 heterocycles. The maximum atomic E-state index is 13.1. The SMILES string of the molecule is COc1cc(Cl)c(C(O)c2ccc(F)cc2Br)cc1OC. The number of aliphatic hydroxyl groups is 1. The normalized spacial score (nSPS) is 12.1. The number of hydrogen-bond acceptors (Lipinski definition) is 3. The lowest BCUT2D eigenvalue weighted by Gasteiger charge is -2.17. The molecule has 1 unspecified atom stereocenters. The van der Waals surface area contributed by atoms with Gasteiger partial charge in [0.15, 0.2) is 11.5 Å². The highest BCUT2D eigenvalue weighted by Gasteiger charge is 2.20. The number of methoxy groups -OCH3 is 2. The van der Waals surface area contributed by atoms with Crippen LogP contribution >= 0.6 is 27.5 Å². The lowest BCUT2D eigenvalue weighted by atomic mass is 10.0. The molecule has 0 amide bonds. The first-order valence-corrected chi connectivity index (χ1v) is 7.19. The molecule has 0 fully saturated rings. The molecule has 0 bridgehead atoms. The van der Waals surface area contributed by atoms with Crippen LogP contribution in [0.15, 0.2) is 34.8 Å². The molecule has 1 atom stereocenters. The molecule has 6 heteroatoms. The minimum Gasteiger partial charge on any atom is -0.493 e. The van der Waals surface area contributed by atoms with E-state index in [4.69, 9.17) is 21.1 Å². The van der Waals surface area contributed by atoms with Gasteiger partial charge in [0.1, 0.15) is 11.9 Å². The molecule has 0 spiro atoms. The van der Waals surface area contributed by atoms with Crippen LogP contribution in [0.3, 0.4) is 0 Å². The van der Waals surface area contributed by atoms with Crippen molar-refractivity contribution in [2.75, 3.05) is 14.2 Å². The highest BCUT2D eigenvalue weighted by atomic mass is 79.9. The van der Waals surface area contributed by atoms with Crippen LogP contribution in [-0.2, 0) is 0 Å². The fourth-order valence-electron chi connectivity index (χ4n) is 1.97. The number of rotatable bonds is 4. The summed E-state index contributed by atoms with van der Waals surface area (Å²) in [6.07, 6.45) is -1.02. The second-order valence-electron chi connectivity index (χ2n) is 4.30. The van der Waals surface area contributed by atoms with Crippen molar-refractivity contribution in [1.29, 1.82) is 0 Å². The summed E-state index contributed by atoms with van der Waals surface area (Å²) in [7, 11) is 3.00. The van der Waals surface area contributed by atoms with Crippen molar-refractivity contribution in [3.8, 4) is 11.5 Å². The van der Waals surface area contributed by atoms with Crippen molar-refractivity contribution in [3.05, 3.63) is 56.8 Å². The molecule has 0 aliphatic heterocycles. The molecule has 0 radical (unpaired) electrons. The van der Waals surface area contributed by atoms with Crippen molar-refractivity contribution in [2.24, 2.45) is 0 Å². The van der Waals surface area contributed by atoms with Gasteiger partial charge >= 0.3 is 0 Å². The van der Waals surface area contributed by atoms with Gasteiger partial charge in [-0.3, -0.25) is 0 Å². The van der Waals surface area contributed by atoms with Crippen LogP contribution in [-0.4, -0.2) is 19.3 Å². The summed E-state index contributed by atoms with van der Waals surface area (Å²) in [4.78, 5) is 0. The average molecular weight is 376 g/mol. The summed E-state index contributed by atoms with van der Waals surface area (Å²) in [5.74, 6) is 0.530. The van der Waals surface area contributed by atoms with Crippen LogP contribution in [0.4, 0.5) is 4.39 Å². The van der Waals surface area contributed by atoms with E-state index < -0.39 is 11.9 Å². The van der Waals surface area contributed by atoms with Gasteiger partial charge in [-0.2, -0.15) is 0 Å². The quantitative estimate of drug-likeness (QED) is 0.864. The van der Waals surface area contributed by atoms with Gasteiger partial charge in [-0.15, -0.1) is 0 Å². The Kier molecular flexibility index (Phi) is 5.08. The first-order valence-electron chi connectivity index (χ1n) is 6.02.